The predicted molar refractivity (Wildman–Crippen MR) is 118 cm³/mol. The number of aliphatic hydroxyl groups is 1. The molecule has 2 aromatic rings. The van der Waals surface area contributed by atoms with Crippen LogP contribution in [0, 0.1) is 6.92 Å². The van der Waals surface area contributed by atoms with Crippen LogP contribution < -0.4 is 10.6 Å². The highest BCUT2D eigenvalue weighted by Gasteiger charge is 2.05. The van der Waals surface area contributed by atoms with E-state index in [0.29, 0.717) is 17.6 Å². The van der Waals surface area contributed by atoms with Crippen molar-refractivity contribution in [3.63, 3.8) is 0 Å². The molecule has 0 aliphatic heterocycles. The number of benzene rings is 1. The van der Waals surface area contributed by atoms with Gasteiger partial charge in [0.2, 0.25) is 5.95 Å². The Kier molecular flexibility index (Phi) is 7.51. The van der Waals surface area contributed by atoms with Gasteiger partial charge in [0.25, 0.3) is 0 Å². The average Bonchev–Trinajstić information content (AvgIpc) is 2.65. The van der Waals surface area contributed by atoms with Crippen molar-refractivity contribution in [2.75, 3.05) is 24.2 Å². The molecule has 6 nitrogen and oxygen atoms in total. The van der Waals surface area contributed by atoms with Crippen LogP contribution in [0.15, 0.2) is 71.5 Å². The van der Waals surface area contributed by atoms with E-state index in [-0.39, 0.29) is 12.3 Å². The van der Waals surface area contributed by atoms with Crippen LogP contribution in [0.4, 0.5) is 11.8 Å². The molecule has 0 aliphatic rings. The Bertz CT molecular complexity index is 910. The lowest BCUT2D eigenvalue weighted by molar-refractivity contribution is 0.408. The minimum absolute atomic E-state index is 0.147. The Hall–Kier alpha value is -3.41. The average molecular weight is 377 g/mol. The smallest absolute Gasteiger partial charge is 0.225 e. The largest absolute Gasteiger partial charge is 0.510 e. The van der Waals surface area contributed by atoms with E-state index in [4.69, 9.17) is 0 Å². The molecule has 1 heterocycles. The van der Waals surface area contributed by atoms with Crippen LogP contribution >= 0.6 is 0 Å². The fourth-order valence-corrected chi connectivity index (χ4v) is 2.43. The van der Waals surface area contributed by atoms with Gasteiger partial charge in [-0.3, -0.25) is 4.99 Å². The summed E-state index contributed by atoms with van der Waals surface area (Å²) >= 11 is 0. The molecule has 3 N–H and O–H groups in total. The first kappa shape index (κ1) is 20.9. The molecule has 0 amide bonds. The Morgan fingerprint density at radius 1 is 1.18 bits per heavy atom. The number of aliphatic imine (C=N–C) groups is 1. The number of aromatic nitrogens is 2. The van der Waals surface area contributed by atoms with Crippen LogP contribution in [0.1, 0.15) is 25.1 Å². The van der Waals surface area contributed by atoms with E-state index >= 15 is 0 Å². The second-order valence-electron chi connectivity index (χ2n) is 6.55. The number of amidine groups is 1. The molecule has 0 bridgehead atoms. The molecule has 0 radical (unpaired) electrons. The van der Waals surface area contributed by atoms with E-state index in [1.54, 1.807) is 13.1 Å². The normalized spacial score (nSPS) is 11.7. The zero-order valence-electron chi connectivity index (χ0n) is 16.8. The van der Waals surface area contributed by atoms with Gasteiger partial charge in [0.05, 0.1) is 6.54 Å². The number of nitrogens with zero attached hydrogens (tertiary/aromatic N) is 3. The van der Waals surface area contributed by atoms with Crippen molar-refractivity contribution in [1.29, 1.82) is 0 Å². The standard InChI is InChI=1S/C22H27N5O/c1-15(2)11-20(23-5)26-21-13-17(4)25-22(27-21)24-14-19(28)12-16(3)18-9-7-6-8-10-18/h6-13,28H,3,14H2,1-2,4-5H3,(H2,23,24,25,26,27)/b19-12-. The second kappa shape index (κ2) is 10.1. The number of aliphatic hydroxyl groups excluding tert-OH is 1. The number of nitrogens with one attached hydrogen (secondary N) is 2. The van der Waals surface area contributed by atoms with Crippen LogP contribution in [0.2, 0.25) is 0 Å². The third kappa shape index (κ3) is 6.72. The van der Waals surface area contributed by atoms with Crippen LogP contribution in [-0.4, -0.2) is 34.5 Å². The lowest BCUT2D eigenvalue weighted by Gasteiger charge is -2.10. The SMILES string of the molecule is C=C(/C=C(\O)CNc1nc(C)cc(N/C(C=C(C)C)=N/C)n1)c1ccccc1. The van der Waals surface area contributed by atoms with E-state index in [1.165, 1.54) is 0 Å². The molecule has 0 atom stereocenters. The predicted octanol–water partition coefficient (Wildman–Crippen LogP) is 4.76. The molecule has 1 aromatic carbocycles. The molecule has 0 unspecified atom stereocenters. The van der Waals surface area contributed by atoms with E-state index < -0.39 is 0 Å². The summed E-state index contributed by atoms with van der Waals surface area (Å²) in [5.41, 5.74) is 3.62. The molecule has 0 fully saturated rings. The first-order valence-corrected chi connectivity index (χ1v) is 8.99. The number of anilines is 2. The minimum Gasteiger partial charge on any atom is -0.510 e. The van der Waals surface area contributed by atoms with Crippen molar-refractivity contribution in [3.8, 4) is 0 Å². The maximum Gasteiger partial charge on any atom is 0.225 e. The zero-order valence-corrected chi connectivity index (χ0v) is 16.8. The third-order valence-electron chi connectivity index (χ3n) is 3.69. The van der Waals surface area contributed by atoms with Gasteiger partial charge in [-0.2, -0.15) is 4.98 Å². The fraction of sp³-hybridized carbons (Fsp3) is 0.227. The molecule has 6 heteroatoms. The Morgan fingerprint density at radius 2 is 1.89 bits per heavy atom. The van der Waals surface area contributed by atoms with Crippen molar-refractivity contribution >= 4 is 23.2 Å². The maximum atomic E-state index is 10.2. The molecule has 146 valence electrons. The van der Waals surface area contributed by atoms with E-state index in [0.717, 1.165) is 22.4 Å². The molecular weight excluding hydrogens is 350 g/mol. The Labute approximate surface area is 166 Å². The van der Waals surface area contributed by atoms with E-state index in [2.05, 4.69) is 32.2 Å². The molecule has 2 rings (SSSR count). The summed E-state index contributed by atoms with van der Waals surface area (Å²) in [6, 6.07) is 11.5. The lowest BCUT2D eigenvalue weighted by atomic mass is 10.1. The molecule has 1 aromatic heterocycles. The highest BCUT2D eigenvalue weighted by molar-refractivity contribution is 6.03. The zero-order chi connectivity index (χ0) is 20.5. The molecule has 0 aliphatic carbocycles. The Balaban J connectivity index is 2.06. The number of rotatable bonds is 7. The summed E-state index contributed by atoms with van der Waals surface area (Å²) in [5, 5.41) is 16.4. The highest BCUT2D eigenvalue weighted by atomic mass is 16.3. The van der Waals surface area contributed by atoms with Gasteiger partial charge in [0, 0.05) is 18.8 Å². The Morgan fingerprint density at radius 3 is 2.54 bits per heavy atom. The number of hydrogen-bond donors (Lipinski definition) is 3. The van der Waals surface area contributed by atoms with Gasteiger partial charge < -0.3 is 15.7 Å². The monoisotopic (exact) mass is 377 g/mol. The first-order valence-electron chi connectivity index (χ1n) is 8.99. The van der Waals surface area contributed by atoms with Crippen molar-refractivity contribution < 1.29 is 5.11 Å². The van der Waals surface area contributed by atoms with Gasteiger partial charge >= 0.3 is 0 Å². The van der Waals surface area contributed by atoms with Gasteiger partial charge in [0.15, 0.2) is 0 Å². The summed E-state index contributed by atoms with van der Waals surface area (Å²) in [6.45, 7) is 10.1. The minimum atomic E-state index is 0.147. The quantitative estimate of drug-likeness (QED) is 0.280. The molecule has 0 spiro atoms. The van der Waals surface area contributed by atoms with Crippen molar-refractivity contribution in [3.05, 3.63) is 77.7 Å². The summed E-state index contributed by atoms with van der Waals surface area (Å²) in [7, 11) is 1.72. The van der Waals surface area contributed by atoms with E-state index in [9.17, 15) is 5.11 Å². The third-order valence-corrected chi connectivity index (χ3v) is 3.69. The summed E-state index contributed by atoms with van der Waals surface area (Å²) < 4.78 is 0. The van der Waals surface area contributed by atoms with Crippen LogP contribution in [0.25, 0.3) is 5.57 Å². The van der Waals surface area contributed by atoms with Gasteiger partial charge in [-0.25, -0.2) is 4.98 Å². The van der Waals surface area contributed by atoms with Crippen molar-refractivity contribution in [2.24, 2.45) is 4.99 Å². The number of hydrogen-bond acceptors (Lipinski definition) is 5. The number of allylic oxidation sites excluding steroid dienone is 3. The fourth-order valence-electron chi connectivity index (χ4n) is 2.43. The highest BCUT2D eigenvalue weighted by Crippen LogP contribution is 2.15. The van der Waals surface area contributed by atoms with Crippen LogP contribution in [0.3, 0.4) is 0 Å². The van der Waals surface area contributed by atoms with Crippen molar-refractivity contribution in [1.82, 2.24) is 9.97 Å². The van der Waals surface area contributed by atoms with E-state index in [1.807, 2.05) is 63.2 Å². The van der Waals surface area contributed by atoms with Gasteiger partial charge in [0.1, 0.15) is 17.4 Å². The van der Waals surface area contributed by atoms with Gasteiger partial charge in [-0.1, -0.05) is 42.5 Å². The summed E-state index contributed by atoms with van der Waals surface area (Å²) in [4.78, 5) is 13.0. The second-order valence-corrected chi connectivity index (χ2v) is 6.55. The first-order chi connectivity index (χ1) is 13.4. The van der Waals surface area contributed by atoms with Crippen LogP contribution in [-0.2, 0) is 0 Å². The summed E-state index contributed by atoms with van der Waals surface area (Å²) in [6.07, 6.45) is 3.57. The van der Waals surface area contributed by atoms with Gasteiger partial charge in [-0.05, 0) is 44.1 Å². The summed E-state index contributed by atoms with van der Waals surface area (Å²) in [5.74, 6) is 1.91. The van der Waals surface area contributed by atoms with Crippen LogP contribution in [0.5, 0.6) is 0 Å². The van der Waals surface area contributed by atoms with Gasteiger partial charge in [-0.15, -0.1) is 0 Å². The lowest BCUT2D eigenvalue weighted by Crippen LogP contribution is -2.14. The topological polar surface area (TPSA) is 82.4 Å². The number of aryl methyl sites for hydroxylation is 1. The maximum absolute atomic E-state index is 10.2. The van der Waals surface area contributed by atoms with Crippen molar-refractivity contribution in [2.45, 2.75) is 20.8 Å². The molecule has 28 heavy (non-hydrogen) atoms. The molecule has 0 saturated heterocycles. The molecular formula is C22H27N5O. The molecule has 0 saturated carbocycles.